The van der Waals surface area contributed by atoms with Gasteiger partial charge >= 0.3 is 0 Å². The van der Waals surface area contributed by atoms with Gasteiger partial charge in [-0.25, -0.2) is 13.1 Å². The Morgan fingerprint density at radius 2 is 1.81 bits per heavy atom. The van der Waals surface area contributed by atoms with E-state index in [0.717, 1.165) is 18.4 Å². The third-order valence-corrected chi connectivity index (χ3v) is 7.09. The van der Waals surface area contributed by atoms with Crippen LogP contribution in [0, 0.1) is 0 Å². The molecule has 1 aromatic rings. The van der Waals surface area contributed by atoms with Gasteiger partial charge in [-0.3, -0.25) is 0 Å². The van der Waals surface area contributed by atoms with Crippen LogP contribution in [0.5, 0.6) is 0 Å². The average Bonchev–Trinajstić information content (AvgIpc) is 2.54. The molecule has 0 aliphatic heterocycles. The first kappa shape index (κ1) is 16.8. The maximum atomic E-state index is 12.4. The van der Waals surface area contributed by atoms with Crippen molar-refractivity contribution < 1.29 is 8.42 Å². The summed E-state index contributed by atoms with van der Waals surface area (Å²) >= 11 is 1.79. The molecule has 0 bridgehead atoms. The van der Waals surface area contributed by atoms with Crippen molar-refractivity contribution in [2.75, 3.05) is 12.8 Å². The number of nitrogens with one attached hydrogen (secondary N) is 1. The molecule has 0 spiro atoms. The van der Waals surface area contributed by atoms with Crippen molar-refractivity contribution >= 4 is 21.8 Å². The smallest absolute Gasteiger partial charge is 0.240 e. The second-order valence-corrected chi connectivity index (χ2v) is 8.66. The summed E-state index contributed by atoms with van der Waals surface area (Å²) in [4.78, 5) is 0.312. The van der Waals surface area contributed by atoms with Gasteiger partial charge in [0.15, 0.2) is 0 Å². The predicted octanol–water partition coefficient (Wildman–Crippen LogP) is 2.49. The molecule has 0 amide bonds. The van der Waals surface area contributed by atoms with Crippen LogP contribution < -0.4 is 10.5 Å². The summed E-state index contributed by atoms with van der Waals surface area (Å²) in [6.45, 7) is 0.929. The summed E-state index contributed by atoms with van der Waals surface area (Å²) in [6, 6.07) is 6.77. The lowest BCUT2D eigenvalue weighted by molar-refractivity contribution is 0.395. The lowest BCUT2D eigenvalue weighted by atomic mass is 9.88. The van der Waals surface area contributed by atoms with Crippen molar-refractivity contribution in [1.29, 1.82) is 0 Å². The summed E-state index contributed by atoms with van der Waals surface area (Å²) in [5.41, 5.74) is 6.46. The van der Waals surface area contributed by atoms with Crippen molar-refractivity contribution in [2.45, 2.75) is 48.3 Å². The number of hydrogen-bond donors (Lipinski definition) is 2. The van der Waals surface area contributed by atoms with E-state index < -0.39 is 10.0 Å². The number of sulfonamides is 1. The third-order valence-electron chi connectivity index (χ3n) is 4.25. The molecule has 0 heterocycles. The lowest BCUT2D eigenvalue weighted by Crippen LogP contribution is -2.41. The average molecular weight is 329 g/mol. The van der Waals surface area contributed by atoms with Crippen LogP contribution in [0.25, 0.3) is 0 Å². The summed E-state index contributed by atoms with van der Waals surface area (Å²) in [5, 5.41) is 0. The van der Waals surface area contributed by atoms with E-state index in [1.807, 2.05) is 0 Å². The third kappa shape index (κ3) is 4.22. The van der Waals surface area contributed by atoms with Gasteiger partial charge in [-0.05, 0) is 36.8 Å². The van der Waals surface area contributed by atoms with Crippen LogP contribution in [0.4, 0.5) is 0 Å². The zero-order chi connectivity index (χ0) is 15.3. The first-order valence-corrected chi connectivity index (χ1v) is 10.1. The highest BCUT2D eigenvalue weighted by molar-refractivity contribution is 8.00. The van der Waals surface area contributed by atoms with Crippen molar-refractivity contribution in [2.24, 2.45) is 5.73 Å². The summed E-state index contributed by atoms with van der Waals surface area (Å²) < 4.78 is 27.6. The van der Waals surface area contributed by atoms with E-state index in [1.54, 1.807) is 36.0 Å². The van der Waals surface area contributed by atoms with Crippen LogP contribution in [-0.2, 0) is 16.6 Å². The normalized spacial score (nSPS) is 18.6. The molecule has 0 saturated heterocycles. The van der Waals surface area contributed by atoms with Gasteiger partial charge in [-0.1, -0.05) is 31.4 Å². The second kappa shape index (κ2) is 7.13. The van der Waals surface area contributed by atoms with Crippen molar-refractivity contribution in [1.82, 2.24) is 4.72 Å². The van der Waals surface area contributed by atoms with Gasteiger partial charge < -0.3 is 5.73 Å². The summed E-state index contributed by atoms with van der Waals surface area (Å²) in [5.74, 6) is 0. The maximum absolute atomic E-state index is 12.4. The molecule has 1 fully saturated rings. The van der Waals surface area contributed by atoms with E-state index in [-0.39, 0.29) is 4.75 Å². The lowest BCUT2D eigenvalue weighted by Gasteiger charge is -2.35. The van der Waals surface area contributed by atoms with Gasteiger partial charge in [0.05, 0.1) is 4.90 Å². The number of hydrogen-bond acceptors (Lipinski definition) is 4. The molecule has 21 heavy (non-hydrogen) atoms. The molecule has 1 saturated carbocycles. The van der Waals surface area contributed by atoms with Crippen molar-refractivity contribution in [3.05, 3.63) is 29.8 Å². The Morgan fingerprint density at radius 1 is 1.19 bits per heavy atom. The molecule has 118 valence electrons. The van der Waals surface area contributed by atoms with E-state index in [2.05, 4.69) is 11.0 Å². The zero-order valence-corrected chi connectivity index (χ0v) is 14.1. The van der Waals surface area contributed by atoms with E-state index in [4.69, 9.17) is 5.73 Å². The molecule has 0 radical (unpaired) electrons. The molecule has 0 atom stereocenters. The minimum atomic E-state index is -3.44. The van der Waals surface area contributed by atoms with Crippen LogP contribution in [0.2, 0.25) is 0 Å². The fourth-order valence-corrected chi connectivity index (χ4v) is 4.90. The fourth-order valence-electron chi connectivity index (χ4n) is 2.76. The zero-order valence-electron chi connectivity index (χ0n) is 12.5. The summed E-state index contributed by atoms with van der Waals surface area (Å²) in [6.07, 6.45) is 7.89. The Bertz CT molecular complexity index is 550. The van der Waals surface area contributed by atoms with Crippen LogP contribution in [0.15, 0.2) is 29.2 Å². The Kier molecular flexibility index (Phi) is 5.71. The Balaban J connectivity index is 2.06. The minimum Gasteiger partial charge on any atom is -0.326 e. The topological polar surface area (TPSA) is 72.2 Å². The maximum Gasteiger partial charge on any atom is 0.240 e. The van der Waals surface area contributed by atoms with E-state index in [9.17, 15) is 8.42 Å². The number of thioether (sulfide) groups is 1. The molecule has 3 N–H and O–H groups in total. The molecule has 1 aliphatic carbocycles. The minimum absolute atomic E-state index is 0.0581. The predicted molar refractivity (Wildman–Crippen MR) is 88.9 cm³/mol. The molecule has 6 heteroatoms. The van der Waals surface area contributed by atoms with Crippen molar-refractivity contribution in [3.8, 4) is 0 Å². The number of rotatable bonds is 6. The highest BCUT2D eigenvalue weighted by Gasteiger charge is 2.32. The standard InChI is InChI=1S/C15H24N2O2S2/c1-20-15(9-3-2-4-10-15)12-17-21(18,19)14-7-5-13(11-16)6-8-14/h5-8,17H,2-4,9-12,16H2,1H3. The molecule has 1 aliphatic rings. The van der Waals surface area contributed by atoms with Gasteiger partial charge in [-0.2, -0.15) is 11.8 Å². The summed E-state index contributed by atoms with van der Waals surface area (Å²) in [7, 11) is -3.44. The highest BCUT2D eigenvalue weighted by Crippen LogP contribution is 2.38. The Morgan fingerprint density at radius 3 is 2.33 bits per heavy atom. The van der Waals surface area contributed by atoms with Gasteiger partial charge in [-0.15, -0.1) is 0 Å². The Hall–Kier alpha value is -0.560. The molecule has 0 aromatic heterocycles. The number of nitrogens with two attached hydrogens (primary N) is 1. The van der Waals surface area contributed by atoms with Gasteiger partial charge in [0, 0.05) is 17.8 Å². The molecule has 4 nitrogen and oxygen atoms in total. The first-order valence-electron chi connectivity index (χ1n) is 7.35. The van der Waals surface area contributed by atoms with Gasteiger partial charge in [0.2, 0.25) is 10.0 Å². The molecular formula is C15H24N2O2S2. The fraction of sp³-hybridized carbons (Fsp3) is 0.600. The SMILES string of the molecule is CSC1(CNS(=O)(=O)c2ccc(CN)cc2)CCCCC1. The highest BCUT2D eigenvalue weighted by atomic mass is 32.2. The van der Waals surface area contributed by atoms with Crippen LogP contribution in [0.3, 0.4) is 0 Å². The van der Waals surface area contributed by atoms with Crippen LogP contribution >= 0.6 is 11.8 Å². The van der Waals surface area contributed by atoms with E-state index in [0.29, 0.717) is 18.0 Å². The van der Waals surface area contributed by atoms with Crippen molar-refractivity contribution in [3.63, 3.8) is 0 Å². The van der Waals surface area contributed by atoms with Gasteiger partial charge in [0.25, 0.3) is 0 Å². The molecular weight excluding hydrogens is 304 g/mol. The molecule has 1 aromatic carbocycles. The Labute approximate surface area is 131 Å². The monoisotopic (exact) mass is 328 g/mol. The van der Waals surface area contributed by atoms with Crippen LogP contribution in [0.1, 0.15) is 37.7 Å². The van der Waals surface area contributed by atoms with E-state index in [1.165, 1.54) is 19.3 Å². The second-order valence-electron chi connectivity index (χ2n) is 5.62. The first-order chi connectivity index (χ1) is 10.0. The molecule has 2 rings (SSSR count). The quantitative estimate of drug-likeness (QED) is 0.841. The van der Waals surface area contributed by atoms with E-state index >= 15 is 0 Å². The van der Waals surface area contributed by atoms with Crippen LogP contribution in [-0.4, -0.2) is 26.0 Å². The largest absolute Gasteiger partial charge is 0.326 e. The molecule has 0 unspecified atom stereocenters. The van der Waals surface area contributed by atoms with Gasteiger partial charge in [0.1, 0.15) is 0 Å². The number of benzene rings is 1.